The van der Waals surface area contributed by atoms with Crippen LogP contribution in [0.1, 0.15) is 40.0 Å². The maximum Gasteiger partial charge on any atom is 0.158 e. The lowest BCUT2D eigenvalue weighted by Crippen LogP contribution is -2.11. The molecule has 1 unspecified atom stereocenters. The van der Waals surface area contributed by atoms with Crippen molar-refractivity contribution in [2.75, 3.05) is 13.7 Å². The highest BCUT2D eigenvalue weighted by Crippen LogP contribution is 2.10. The molecule has 0 aromatic heterocycles. The largest absolute Gasteiger partial charge is 0.385 e. The van der Waals surface area contributed by atoms with Gasteiger partial charge in [-0.3, -0.25) is 4.79 Å². The summed E-state index contributed by atoms with van der Waals surface area (Å²) in [6.07, 6.45) is 4.56. The molecular formula is C12H22O2. The highest BCUT2D eigenvalue weighted by molar-refractivity contribution is 5.92. The van der Waals surface area contributed by atoms with Gasteiger partial charge in [0.2, 0.25) is 0 Å². The first-order chi connectivity index (χ1) is 6.65. The molecule has 2 nitrogen and oxygen atoms in total. The van der Waals surface area contributed by atoms with Gasteiger partial charge in [0.1, 0.15) is 0 Å². The third-order valence-electron chi connectivity index (χ3n) is 2.50. The molecule has 0 fully saturated rings. The number of ketones is 1. The minimum Gasteiger partial charge on any atom is -0.385 e. The number of hydrogen-bond acceptors (Lipinski definition) is 2. The van der Waals surface area contributed by atoms with E-state index in [0.29, 0.717) is 6.61 Å². The van der Waals surface area contributed by atoms with Crippen molar-refractivity contribution in [3.63, 3.8) is 0 Å². The molecule has 0 saturated carbocycles. The summed E-state index contributed by atoms with van der Waals surface area (Å²) < 4.78 is 4.95. The van der Waals surface area contributed by atoms with Gasteiger partial charge in [-0.05, 0) is 25.3 Å². The first-order valence-electron chi connectivity index (χ1n) is 5.37. The van der Waals surface area contributed by atoms with Gasteiger partial charge in [-0.2, -0.15) is 0 Å². The lowest BCUT2D eigenvalue weighted by atomic mass is 9.99. The summed E-state index contributed by atoms with van der Waals surface area (Å²) in [5, 5.41) is 0. The highest BCUT2D eigenvalue weighted by atomic mass is 16.5. The number of carbonyl (C=O) groups excluding carboxylic acids is 1. The van der Waals surface area contributed by atoms with E-state index < -0.39 is 0 Å². The lowest BCUT2D eigenvalue weighted by molar-refractivity contribution is -0.118. The zero-order valence-electron chi connectivity index (χ0n) is 9.80. The summed E-state index contributed by atoms with van der Waals surface area (Å²) in [5.74, 6) is 0.323. The predicted molar refractivity (Wildman–Crippen MR) is 59.3 cm³/mol. The van der Waals surface area contributed by atoms with Crippen LogP contribution in [0.25, 0.3) is 0 Å². The molecule has 14 heavy (non-hydrogen) atoms. The summed E-state index contributed by atoms with van der Waals surface area (Å²) in [6.45, 7) is 6.79. The summed E-state index contributed by atoms with van der Waals surface area (Å²) in [5.41, 5.74) is 1.24. The van der Waals surface area contributed by atoms with Gasteiger partial charge < -0.3 is 4.74 Å². The van der Waals surface area contributed by atoms with E-state index >= 15 is 0 Å². The van der Waals surface area contributed by atoms with Gasteiger partial charge in [0.25, 0.3) is 0 Å². The minimum absolute atomic E-state index is 0.0862. The predicted octanol–water partition coefficient (Wildman–Crippen LogP) is 2.97. The van der Waals surface area contributed by atoms with Crippen molar-refractivity contribution < 1.29 is 9.53 Å². The van der Waals surface area contributed by atoms with Crippen molar-refractivity contribution in [2.45, 2.75) is 40.0 Å². The first kappa shape index (κ1) is 13.4. The van der Waals surface area contributed by atoms with Crippen molar-refractivity contribution >= 4 is 5.78 Å². The minimum atomic E-state index is 0.0862. The van der Waals surface area contributed by atoms with Crippen molar-refractivity contribution in [1.29, 1.82) is 0 Å². The molecule has 0 spiro atoms. The molecular weight excluding hydrogens is 176 g/mol. The van der Waals surface area contributed by atoms with E-state index in [0.717, 1.165) is 19.3 Å². The topological polar surface area (TPSA) is 26.3 Å². The van der Waals surface area contributed by atoms with Gasteiger partial charge in [-0.1, -0.05) is 26.3 Å². The number of rotatable bonds is 7. The Balaban J connectivity index is 4.10. The van der Waals surface area contributed by atoms with Gasteiger partial charge in [0, 0.05) is 19.6 Å². The average molecular weight is 198 g/mol. The van der Waals surface area contributed by atoms with Crippen LogP contribution in [-0.4, -0.2) is 19.5 Å². The molecule has 82 valence electrons. The van der Waals surface area contributed by atoms with E-state index in [1.807, 2.05) is 6.92 Å². The monoisotopic (exact) mass is 198 g/mol. The SMILES string of the molecule is CCC(=CC(=O)C(C)CCOC)CC. The fraction of sp³-hybridized carbons (Fsp3) is 0.750. The molecule has 0 aliphatic rings. The zero-order valence-corrected chi connectivity index (χ0v) is 9.80. The van der Waals surface area contributed by atoms with Crippen LogP contribution < -0.4 is 0 Å². The Morgan fingerprint density at radius 1 is 1.36 bits per heavy atom. The Morgan fingerprint density at radius 2 is 1.93 bits per heavy atom. The Morgan fingerprint density at radius 3 is 2.36 bits per heavy atom. The van der Waals surface area contributed by atoms with E-state index in [1.54, 1.807) is 13.2 Å². The molecule has 0 bridgehead atoms. The molecule has 0 saturated heterocycles. The standard InChI is InChI=1S/C12H22O2/c1-5-11(6-2)9-12(13)10(3)7-8-14-4/h9-10H,5-8H2,1-4H3. The second kappa shape index (κ2) is 7.74. The molecule has 0 aromatic carbocycles. The van der Waals surface area contributed by atoms with Crippen LogP contribution in [0.3, 0.4) is 0 Å². The maximum atomic E-state index is 11.6. The van der Waals surface area contributed by atoms with Gasteiger partial charge in [-0.15, -0.1) is 0 Å². The maximum absolute atomic E-state index is 11.6. The fourth-order valence-corrected chi connectivity index (χ4v) is 1.23. The summed E-state index contributed by atoms with van der Waals surface area (Å²) >= 11 is 0. The Hall–Kier alpha value is -0.630. The van der Waals surface area contributed by atoms with E-state index in [2.05, 4.69) is 13.8 Å². The summed E-state index contributed by atoms with van der Waals surface area (Å²) in [7, 11) is 1.66. The van der Waals surface area contributed by atoms with Crippen LogP contribution in [0.2, 0.25) is 0 Å². The fourth-order valence-electron chi connectivity index (χ4n) is 1.23. The van der Waals surface area contributed by atoms with Crippen LogP contribution in [0.5, 0.6) is 0 Å². The number of allylic oxidation sites excluding steroid dienone is 2. The van der Waals surface area contributed by atoms with Gasteiger partial charge >= 0.3 is 0 Å². The third-order valence-corrected chi connectivity index (χ3v) is 2.50. The van der Waals surface area contributed by atoms with Crippen LogP contribution in [0.15, 0.2) is 11.6 Å². The van der Waals surface area contributed by atoms with Crippen molar-refractivity contribution in [1.82, 2.24) is 0 Å². The van der Waals surface area contributed by atoms with E-state index in [-0.39, 0.29) is 11.7 Å². The Labute approximate surface area is 87.3 Å². The van der Waals surface area contributed by atoms with Crippen molar-refractivity contribution in [3.8, 4) is 0 Å². The van der Waals surface area contributed by atoms with Gasteiger partial charge in [0.15, 0.2) is 5.78 Å². The van der Waals surface area contributed by atoms with E-state index in [4.69, 9.17) is 4.74 Å². The summed E-state index contributed by atoms with van der Waals surface area (Å²) in [4.78, 5) is 11.6. The highest BCUT2D eigenvalue weighted by Gasteiger charge is 2.10. The van der Waals surface area contributed by atoms with Crippen LogP contribution in [-0.2, 0) is 9.53 Å². The molecule has 0 N–H and O–H groups in total. The summed E-state index contributed by atoms with van der Waals surface area (Å²) in [6, 6.07) is 0. The smallest absolute Gasteiger partial charge is 0.158 e. The first-order valence-corrected chi connectivity index (χ1v) is 5.37. The second-order valence-electron chi connectivity index (χ2n) is 3.59. The quantitative estimate of drug-likeness (QED) is 0.588. The number of methoxy groups -OCH3 is 1. The molecule has 0 heterocycles. The molecule has 2 heteroatoms. The van der Waals surface area contributed by atoms with Crippen molar-refractivity contribution in [2.24, 2.45) is 5.92 Å². The molecule has 0 aliphatic heterocycles. The van der Waals surface area contributed by atoms with Crippen molar-refractivity contribution in [3.05, 3.63) is 11.6 Å². The van der Waals surface area contributed by atoms with E-state index in [1.165, 1.54) is 5.57 Å². The lowest BCUT2D eigenvalue weighted by Gasteiger charge is -2.07. The van der Waals surface area contributed by atoms with Crippen LogP contribution in [0, 0.1) is 5.92 Å². The average Bonchev–Trinajstić information content (AvgIpc) is 2.21. The normalized spacial score (nSPS) is 12.3. The van der Waals surface area contributed by atoms with Crippen LogP contribution in [0.4, 0.5) is 0 Å². The molecule has 0 aromatic rings. The van der Waals surface area contributed by atoms with Gasteiger partial charge in [-0.25, -0.2) is 0 Å². The number of carbonyl (C=O) groups is 1. The molecule has 1 atom stereocenters. The zero-order chi connectivity index (χ0) is 11.0. The van der Waals surface area contributed by atoms with E-state index in [9.17, 15) is 4.79 Å². The Kier molecular flexibility index (Phi) is 7.40. The van der Waals surface area contributed by atoms with Crippen LogP contribution >= 0.6 is 0 Å². The number of hydrogen-bond donors (Lipinski definition) is 0. The van der Waals surface area contributed by atoms with Gasteiger partial charge in [0.05, 0.1) is 0 Å². The molecule has 0 amide bonds. The Bertz CT molecular complexity index is 188. The molecule has 0 radical (unpaired) electrons. The third kappa shape index (κ3) is 5.18. The molecule has 0 rings (SSSR count). The molecule has 0 aliphatic carbocycles. The number of ether oxygens (including phenoxy) is 1. The second-order valence-corrected chi connectivity index (χ2v) is 3.59.